The highest BCUT2D eigenvalue weighted by atomic mass is 16.5. The molecule has 0 aliphatic heterocycles. The van der Waals surface area contributed by atoms with Crippen LogP contribution in [0.4, 0.5) is 0 Å². The lowest BCUT2D eigenvalue weighted by Crippen LogP contribution is -1.90. The Balaban J connectivity index is 1.67. The van der Waals surface area contributed by atoms with Crippen LogP contribution in [-0.2, 0) is 0 Å². The van der Waals surface area contributed by atoms with Gasteiger partial charge in [0.25, 0.3) is 0 Å². The van der Waals surface area contributed by atoms with Crippen LogP contribution in [-0.4, -0.2) is 14.2 Å². The Labute approximate surface area is 165 Å². The van der Waals surface area contributed by atoms with Gasteiger partial charge in [0.05, 0.1) is 25.9 Å². The van der Waals surface area contributed by atoms with Crippen molar-refractivity contribution in [2.75, 3.05) is 14.2 Å². The van der Waals surface area contributed by atoms with Gasteiger partial charge in [-0.25, -0.2) is 0 Å². The first-order valence-corrected chi connectivity index (χ1v) is 8.90. The normalized spacial score (nSPS) is 10.9. The summed E-state index contributed by atoms with van der Waals surface area (Å²) in [7, 11) is 3.26. The molecule has 0 spiro atoms. The van der Waals surface area contributed by atoms with Crippen LogP contribution in [0.25, 0.3) is 24.3 Å². The molecule has 3 aromatic rings. The molecule has 0 aliphatic carbocycles. The smallest absolute Gasteiger partial charge is 0.161 e. The lowest BCUT2D eigenvalue weighted by Gasteiger charge is -2.07. The van der Waals surface area contributed by atoms with E-state index in [4.69, 9.17) is 14.7 Å². The average molecular weight is 367 g/mol. The molecule has 138 valence electrons. The Morgan fingerprint density at radius 1 is 0.607 bits per heavy atom. The summed E-state index contributed by atoms with van der Waals surface area (Å²) in [6.45, 7) is 0. The van der Waals surface area contributed by atoms with Crippen molar-refractivity contribution in [1.82, 2.24) is 0 Å². The van der Waals surface area contributed by atoms with Crippen LogP contribution in [0.5, 0.6) is 11.5 Å². The number of methoxy groups -OCH3 is 2. The van der Waals surface area contributed by atoms with Gasteiger partial charge in [0.1, 0.15) is 0 Å². The largest absolute Gasteiger partial charge is 0.493 e. The molecule has 0 fully saturated rings. The standard InChI is InChI=1S/C25H21NO2/c1-27-24-16-15-22(17-25(24)28-2)12-9-20-6-3-19(4-7-20)5-8-21-10-13-23(18-26)14-11-21/h3-17H,1-2H3. The van der Waals surface area contributed by atoms with E-state index >= 15 is 0 Å². The molecule has 0 amide bonds. The van der Waals surface area contributed by atoms with Gasteiger partial charge in [0, 0.05) is 0 Å². The van der Waals surface area contributed by atoms with Crippen LogP contribution in [0.3, 0.4) is 0 Å². The monoisotopic (exact) mass is 367 g/mol. The maximum Gasteiger partial charge on any atom is 0.161 e. The summed E-state index contributed by atoms with van der Waals surface area (Å²) >= 11 is 0. The number of hydrogen-bond acceptors (Lipinski definition) is 3. The van der Waals surface area contributed by atoms with Crippen LogP contribution in [0.15, 0.2) is 66.7 Å². The minimum absolute atomic E-state index is 0.669. The third kappa shape index (κ3) is 4.90. The van der Waals surface area contributed by atoms with Crippen LogP contribution in [0.2, 0.25) is 0 Å². The third-order valence-corrected chi connectivity index (χ3v) is 4.32. The lowest BCUT2D eigenvalue weighted by atomic mass is 10.1. The van der Waals surface area contributed by atoms with Gasteiger partial charge in [0.2, 0.25) is 0 Å². The fraction of sp³-hybridized carbons (Fsp3) is 0.0800. The maximum atomic E-state index is 8.84. The van der Waals surface area contributed by atoms with Gasteiger partial charge in [-0.3, -0.25) is 0 Å². The van der Waals surface area contributed by atoms with Gasteiger partial charge in [0.15, 0.2) is 11.5 Å². The zero-order valence-electron chi connectivity index (χ0n) is 15.9. The van der Waals surface area contributed by atoms with Crippen molar-refractivity contribution in [2.45, 2.75) is 0 Å². The summed E-state index contributed by atoms with van der Waals surface area (Å²) in [5, 5.41) is 8.84. The van der Waals surface area contributed by atoms with Crippen molar-refractivity contribution in [1.29, 1.82) is 5.26 Å². The molecule has 3 rings (SSSR count). The van der Waals surface area contributed by atoms with Crippen molar-refractivity contribution >= 4 is 24.3 Å². The lowest BCUT2D eigenvalue weighted by molar-refractivity contribution is 0.355. The molecule has 0 saturated heterocycles. The van der Waals surface area contributed by atoms with E-state index in [1.54, 1.807) is 14.2 Å². The van der Waals surface area contributed by atoms with Crippen LogP contribution in [0, 0.1) is 11.3 Å². The highest BCUT2D eigenvalue weighted by Gasteiger charge is 2.02. The van der Waals surface area contributed by atoms with E-state index in [9.17, 15) is 0 Å². The Bertz CT molecular complexity index is 1020. The fourth-order valence-corrected chi connectivity index (χ4v) is 2.73. The highest BCUT2D eigenvalue weighted by molar-refractivity contribution is 5.73. The second-order valence-corrected chi connectivity index (χ2v) is 6.18. The van der Waals surface area contributed by atoms with Crippen LogP contribution < -0.4 is 9.47 Å². The topological polar surface area (TPSA) is 42.2 Å². The van der Waals surface area contributed by atoms with Crippen molar-refractivity contribution in [3.05, 3.63) is 94.5 Å². The molecule has 0 saturated carbocycles. The molecule has 0 aliphatic rings. The van der Waals surface area contributed by atoms with Gasteiger partial charge < -0.3 is 9.47 Å². The highest BCUT2D eigenvalue weighted by Crippen LogP contribution is 2.28. The van der Waals surface area contributed by atoms with Gasteiger partial charge >= 0.3 is 0 Å². The number of nitrogens with zero attached hydrogens (tertiary/aromatic N) is 1. The zero-order chi connectivity index (χ0) is 19.8. The van der Waals surface area contributed by atoms with Gasteiger partial charge in [-0.1, -0.05) is 66.8 Å². The zero-order valence-corrected chi connectivity index (χ0v) is 15.9. The quantitative estimate of drug-likeness (QED) is 0.508. The first-order chi connectivity index (χ1) is 13.7. The van der Waals surface area contributed by atoms with Crippen molar-refractivity contribution in [3.63, 3.8) is 0 Å². The number of ether oxygens (including phenoxy) is 2. The van der Waals surface area contributed by atoms with Crippen molar-refractivity contribution < 1.29 is 9.47 Å². The molecule has 0 heterocycles. The summed E-state index contributed by atoms with van der Waals surface area (Å²) in [6, 6.07) is 23.8. The summed E-state index contributed by atoms with van der Waals surface area (Å²) in [6.07, 6.45) is 8.21. The third-order valence-electron chi connectivity index (χ3n) is 4.32. The van der Waals surface area contributed by atoms with Gasteiger partial charge in [-0.05, 0) is 46.5 Å². The minimum Gasteiger partial charge on any atom is -0.493 e. The molecule has 0 atom stereocenters. The molecule has 28 heavy (non-hydrogen) atoms. The number of hydrogen-bond donors (Lipinski definition) is 0. The van der Waals surface area contributed by atoms with E-state index < -0.39 is 0 Å². The fourth-order valence-electron chi connectivity index (χ4n) is 2.73. The summed E-state index contributed by atoms with van der Waals surface area (Å²) < 4.78 is 10.6. The molecule has 0 bridgehead atoms. The Hall–Kier alpha value is -3.77. The SMILES string of the molecule is COc1ccc(C=Cc2ccc(C=Cc3ccc(C#N)cc3)cc2)cc1OC. The second-order valence-electron chi connectivity index (χ2n) is 6.18. The second kappa shape index (κ2) is 9.25. The molecule has 0 aromatic heterocycles. The van der Waals surface area contributed by atoms with E-state index in [0.717, 1.165) is 28.0 Å². The molecular formula is C25H21NO2. The van der Waals surface area contributed by atoms with E-state index in [-0.39, 0.29) is 0 Å². The first-order valence-electron chi connectivity index (χ1n) is 8.90. The molecular weight excluding hydrogens is 346 g/mol. The number of nitriles is 1. The Morgan fingerprint density at radius 2 is 1.04 bits per heavy atom. The molecule has 3 nitrogen and oxygen atoms in total. The molecule has 3 aromatic carbocycles. The molecule has 0 radical (unpaired) electrons. The van der Waals surface area contributed by atoms with Gasteiger partial charge in [-0.15, -0.1) is 0 Å². The van der Waals surface area contributed by atoms with Crippen molar-refractivity contribution in [2.24, 2.45) is 0 Å². The van der Waals surface area contributed by atoms with E-state index in [1.807, 2.05) is 54.6 Å². The summed E-state index contributed by atoms with van der Waals surface area (Å²) in [4.78, 5) is 0. The molecule has 0 N–H and O–H groups in total. The van der Waals surface area contributed by atoms with Crippen molar-refractivity contribution in [3.8, 4) is 17.6 Å². The first kappa shape index (κ1) is 19.0. The maximum absolute atomic E-state index is 8.84. The molecule has 0 unspecified atom stereocenters. The minimum atomic E-state index is 0.669. The Morgan fingerprint density at radius 3 is 1.50 bits per heavy atom. The predicted octanol–water partition coefficient (Wildman–Crippen LogP) is 5.92. The molecule has 3 heteroatoms. The van der Waals surface area contributed by atoms with E-state index in [2.05, 4.69) is 42.5 Å². The number of rotatable bonds is 6. The van der Waals surface area contributed by atoms with E-state index in [0.29, 0.717) is 11.3 Å². The summed E-state index contributed by atoms with van der Waals surface area (Å²) in [5.74, 6) is 1.44. The van der Waals surface area contributed by atoms with Gasteiger partial charge in [-0.2, -0.15) is 5.26 Å². The van der Waals surface area contributed by atoms with E-state index in [1.165, 1.54) is 0 Å². The Kier molecular flexibility index (Phi) is 6.28. The number of benzene rings is 3. The average Bonchev–Trinajstić information content (AvgIpc) is 2.77. The summed E-state index contributed by atoms with van der Waals surface area (Å²) in [5.41, 5.74) is 5.01. The van der Waals surface area contributed by atoms with Crippen LogP contribution in [0.1, 0.15) is 27.8 Å². The predicted molar refractivity (Wildman–Crippen MR) is 115 cm³/mol. The van der Waals surface area contributed by atoms with Crippen LogP contribution >= 0.6 is 0 Å².